The third kappa shape index (κ3) is 5.54. The fraction of sp³-hybridized carbons (Fsp3) is 0.857. The molecule has 0 aliphatic rings. The summed E-state index contributed by atoms with van der Waals surface area (Å²) in [5.41, 5.74) is 0. The molecule has 0 amide bonds. The van der Waals surface area contributed by atoms with Crippen molar-refractivity contribution in [3.63, 3.8) is 0 Å². The molecule has 1 atom stereocenters. The van der Waals surface area contributed by atoms with Crippen LogP contribution in [0, 0.1) is 11.3 Å². The van der Waals surface area contributed by atoms with E-state index in [0.717, 1.165) is 0 Å². The van der Waals surface area contributed by atoms with Crippen LogP contribution < -0.4 is 0 Å². The summed E-state index contributed by atoms with van der Waals surface area (Å²) in [6.45, 7) is 5.77. The van der Waals surface area contributed by atoms with Gasteiger partial charge in [-0.05, 0) is 6.92 Å². The van der Waals surface area contributed by atoms with Crippen LogP contribution in [0.1, 0.15) is 20.8 Å². The Labute approximate surface area is 63.2 Å². The second-order valence-electron chi connectivity index (χ2n) is 1.53. The highest BCUT2D eigenvalue weighted by molar-refractivity contribution is 4.83. The van der Waals surface area contributed by atoms with E-state index in [4.69, 9.17) is 10.1 Å². The van der Waals surface area contributed by atoms with Crippen molar-refractivity contribution in [3.05, 3.63) is 0 Å². The molecule has 0 saturated carbocycles. The topological polar surface area (TPSA) is 36.3 Å². The number of rotatable bonds is 2. The molecule has 0 aromatic heterocycles. The Balaban J connectivity index is 0. The predicted molar refractivity (Wildman–Crippen MR) is 41.2 cm³/mol. The Morgan fingerprint density at radius 3 is 2.00 bits per heavy atom. The van der Waals surface area contributed by atoms with Crippen molar-refractivity contribution in [1.82, 2.24) is 5.06 Å². The van der Waals surface area contributed by atoms with Crippen molar-refractivity contribution < 1.29 is 4.84 Å². The van der Waals surface area contributed by atoms with E-state index in [1.165, 1.54) is 12.2 Å². The Bertz CT molecular complexity index is 98.3. The zero-order valence-electron chi connectivity index (χ0n) is 7.38. The highest BCUT2D eigenvalue weighted by atomic mass is 16.7. The first-order valence-corrected chi connectivity index (χ1v) is 3.39. The Hall–Kier alpha value is -0.590. The Morgan fingerprint density at radius 1 is 1.50 bits per heavy atom. The van der Waals surface area contributed by atoms with E-state index in [0.29, 0.717) is 0 Å². The summed E-state index contributed by atoms with van der Waals surface area (Å²) < 4.78 is 0. The first kappa shape index (κ1) is 12.1. The summed E-state index contributed by atoms with van der Waals surface area (Å²) in [5.74, 6) is 0. The summed E-state index contributed by atoms with van der Waals surface area (Å²) in [6, 6.07) is 1.85. The first-order chi connectivity index (χ1) is 4.72. The monoisotopic (exact) mass is 144 g/mol. The van der Waals surface area contributed by atoms with Gasteiger partial charge in [0.1, 0.15) is 6.04 Å². The van der Waals surface area contributed by atoms with Crippen LogP contribution in [0.15, 0.2) is 0 Å². The fourth-order valence-corrected chi connectivity index (χ4v) is 0.239. The van der Waals surface area contributed by atoms with Gasteiger partial charge in [-0.1, -0.05) is 13.8 Å². The van der Waals surface area contributed by atoms with Gasteiger partial charge in [-0.15, -0.1) is 0 Å². The fourth-order valence-electron chi connectivity index (χ4n) is 0.239. The SMILES string of the molecule is CC.CON(C)C(C)C#N. The van der Waals surface area contributed by atoms with Crippen LogP contribution in [0.5, 0.6) is 0 Å². The predicted octanol–water partition coefficient (Wildman–Crippen LogP) is 1.42. The van der Waals surface area contributed by atoms with Gasteiger partial charge in [-0.25, -0.2) is 0 Å². The van der Waals surface area contributed by atoms with E-state index < -0.39 is 0 Å². The largest absolute Gasteiger partial charge is 0.301 e. The highest BCUT2D eigenvalue weighted by Crippen LogP contribution is 1.90. The number of hydroxylamine groups is 2. The van der Waals surface area contributed by atoms with Crippen LogP contribution in [0.4, 0.5) is 0 Å². The van der Waals surface area contributed by atoms with Gasteiger partial charge in [0.15, 0.2) is 0 Å². The number of nitrogens with zero attached hydrogens (tertiary/aromatic N) is 2. The van der Waals surface area contributed by atoms with Gasteiger partial charge < -0.3 is 4.84 Å². The van der Waals surface area contributed by atoms with E-state index in [2.05, 4.69) is 0 Å². The molecule has 0 radical (unpaired) electrons. The molecule has 0 aromatic rings. The van der Waals surface area contributed by atoms with Crippen LogP contribution in [0.2, 0.25) is 0 Å². The Morgan fingerprint density at radius 2 is 1.90 bits per heavy atom. The molecule has 0 heterocycles. The van der Waals surface area contributed by atoms with E-state index in [-0.39, 0.29) is 6.04 Å². The molecular weight excluding hydrogens is 128 g/mol. The number of nitriles is 1. The molecule has 0 aromatic carbocycles. The molecule has 0 N–H and O–H groups in total. The minimum Gasteiger partial charge on any atom is -0.301 e. The van der Waals surface area contributed by atoms with E-state index in [1.54, 1.807) is 14.0 Å². The lowest BCUT2D eigenvalue weighted by molar-refractivity contribution is -0.122. The number of hydrogen-bond donors (Lipinski definition) is 0. The van der Waals surface area contributed by atoms with E-state index >= 15 is 0 Å². The zero-order chi connectivity index (χ0) is 8.57. The second-order valence-corrected chi connectivity index (χ2v) is 1.53. The van der Waals surface area contributed by atoms with Crippen molar-refractivity contribution in [1.29, 1.82) is 5.26 Å². The average molecular weight is 144 g/mol. The minimum atomic E-state index is -0.167. The highest BCUT2D eigenvalue weighted by Gasteiger charge is 2.03. The summed E-state index contributed by atoms with van der Waals surface area (Å²) in [5, 5.41) is 9.75. The van der Waals surface area contributed by atoms with Crippen molar-refractivity contribution in [2.75, 3.05) is 14.2 Å². The molecule has 60 valence electrons. The summed E-state index contributed by atoms with van der Waals surface area (Å²) >= 11 is 0. The van der Waals surface area contributed by atoms with Crippen molar-refractivity contribution in [2.24, 2.45) is 0 Å². The van der Waals surface area contributed by atoms with Crippen LogP contribution in [0.25, 0.3) is 0 Å². The van der Waals surface area contributed by atoms with Gasteiger partial charge in [0.2, 0.25) is 0 Å². The second kappa shape index (κ2) is 8.41. The summed E-state index contributed by atoms with van der Waals surface area (Å²) in [6.07, 6.45) is 0. The lowest BCUT2D eigenvalue weighted by atomic mass is 10.4. The van der Waals surface area contributed by atoms with E-state index in [9.17, 15) is 0 Å². The Kier molecular flexibility index (Phi) is 10.2. The third-order valence-electron chi connectivity index (χ3n) is 1.02. The molecule has 0 saturated heterocycles. The maximum atomic E-state index is 8.26. The van der Waals surface area contributed by atoms with E-state index in [1.807, 2.05) is 19.9 Å². The molecule has 3 heteroatoms. The smallest absolute Gasteiger partial charge is 0.119 e. The molecule has 0 aliphatic carbocycles. The minimum absolute atomic E-state index is 0.167. The quantitative estimate of drug-likeness (QED) is 0.550. The van der Waals surface area contributed by atoms with Gasteiger partial charge in [-0.2, -0.15) is 10.3 Å². The maximum Gasteiger partial charge on any atom is 0.119 e. The lowest BCUT2D eigenvalue weighted by Crippen LogP contribution is -2.25. The third-order valence-corrected chi connectivity index (χ3v) is 1.02. The summed E-state index contributed by atoms with van der Waals surface area (Å²) in [7, 11) is 3.25. The first-order valence-electron chi connectivity index (χ1n) is 3.39. The lowest BCUT2D eigenvalue weighted by Gasteiger charge is -2.14. The zero-order valence-corrected chi connectivity index (χ0v) is 7.38. The molecule has 0 bridgehead atoms. The van der Waals surface area contributed by atoms with Gasteiger partial charge >= 0.3 is 0 Å². The summed E-state index contributed by atoms with van der Waals surface area (Å²) in [4.78, 5) is 4.71. The van der Waals surface area contributed by atoms with Gasteiger partial charge in [0.25, 0.3) is 0 Å². The standard InChI is InChI=1S/C5H10N2O.C2H6/c1-5(4-6)7(2)8-3;1-2/h5H,1-3H3;1-2H3. The van der Waals surface area contributed by atoms with Gasteiger partial charge in [-0.3, -0.25) is 0 Å². The van der Waals surface area contributed by atoms with Crippen LogP contribution in [-0.4, -0.2) is 25.3 Å². The van der Waals surface area contributed by atoms with Gasteiger partial charge in [0, 0.05) is 7.05 Å². The normalized spacial score (nSPS) is 11.3. The molecule has 10 heavy (non-hydrogen) atoms. The van der Waals surface area contributed by atoms with Crippen LogP contribution in [-0.2, 0) is 4.84 Å². The molecule has 0 spiro atoms. The molecule has 0 fully saturated rings. The van der Waals surface area contributed by atoms with Crippen molar-refractivity contribution in [3.8, 4) is 6.07 Å². The molecule has 3 nitrogen and oxygen atoms in total. The average Bonchev–Trinajstić information content (AvgIpc) is 2.05. The molecule has 1 unspecified atom stereocenters. The van der Waals surface area contributed by atoms with Gasteiger partial charge in [0.05, 0.1) is 13.2 Å². The maximum absolute atomic E-state index is 8.26. The van der Waals surface area contributed by atoms with Crippen LogP contribution >= 0.6 is 0 Å². The number of hydrogen-bond acceptors (Lipinski definition) is 3. The molecule has 0 aliphatic heterocycles. The van der Waals surface area contributed by atoms with Crippen molar-refractivity contribution >= 4 is 0 Å². The molecular formula is C7H16N2O. The molecule has 0 rings (SSSR count). The van der Waals surface area contributed by atoms with Crippen molar-refractivity contribution in [2.45, 2.75) is 26.8 Å². The van der Waals surface area contributed by atoms with Crippen LogP contribution in [0.3, 0.4) is 0 Å².